The van der Waals surface area contributed by atoms with Gasteiger partial charge in [-0.2, -0.15) is 5.10 Å². The van der Waals surface area contributed by atoms with Gasteiger partial charge in [-0.15, -0.1) is 0 Å². The van der Waals surface area contributed by atoms with Crippen molar-refractivity contribution in [1.29, 1.82) is 0 Å². The second-order valence-electron chi connectivity index (χ2n) is 12.9. The zero-order valence-electron chi connectivity index (χ0n) is 26.8. The summed E-state index contributed by atoms with van der Waals surface area (Å²) < 4.78 is 13.7. The van der Waals surface area contributed by atoms with Crippen molar-refractivity contribution in [3.63, 3.8) is 0 Å². The molecule has 0 N–H and O–H groups in total. The van der Waals surface area contributed by atoms with E-state index in [2.05, 4.69) is 5.10 Å². The molecule has 0 unspecified atom stereocenters. The second kappa shape index (κ2) is 13.8. The van der Waals surface area contributed by atoms with Crippen LogP contribution >= 0.6 is 23.2 Å². The summed E-state index contributed by atoms with van der Waals surface area (Å²) in [5, 5.41) is 5.17. The van der Waals surface area contributed by atoms with Crippen LogP contribution in [0.4, 0.5) is 4.79 Å². The monoisotopic (exact) mass is 672 g/mol. The van der Waals surface area contributed by atoms with Crippen LogP contribution in [-0.2, 0) is 22.7 Å². The molecule has 6 rings (SSSR count). The lowest BCUT2D eigenvalue weighted by Crippen LogP contribution is -2.44. The van der Waals surface area contributed by atoms with Crippen molar-refractivity contribution in [1.82, 2.24) is 19.6 Å². The highest BCUT2D eigenvalue weighted by atomic mass is 35.5. The number of halogens is 2. The summed E-state index contributed by atoms with van der Waals surface area (Å²) >= 11 is 12.9. The molecule has 244 valence electrons. The Morgan fingerprint density at radius 1 is 1.00 bits per heavy atom. The number of carbonyl (C=O) groups excluding carboxylic acids is 2. The van der Waals surface area contributed by atoms with E-state index in [1.807, 2.05) is 103 Å². The summed E-state index contributed by atoms with van der Waals surface area (Å²) in [5.74, 6) is 0.577. The minimum absolute atomic E-state index is 0.0950. The molecule has 0 spiro atoms. The number of hydrogen-bond acceptors (Lipinski definition) is 5. The predicted octanol–water partition coefficient (Wildman–Crippen LogP) is 8.34. The van der Waals surface area contributed by atoms with Crippen LogP contribution in [0.2, 0.25) is 10.0 Å². The largest absolute Gasteiger partial charge is 0.489 e. The molecule has 0 atom stereocenters. The van der Waals surface area contributed by atoms with Gasteiger partial charge in [0.15, 0.2) is 0 Å². The number of benzene rings is 3. The number of nitrogens with zero attached hydrogens (tertiary/aromatic N) is 4. The van der Waals surface area contributed by atoms with E-state index in [1.54, 1.807) is 17.2 Å². The first-order valence-electron chi connectivity index (χ1n) is 15.8. The topological polar surface area (TPSA) is 76.9 Å². The lowest BCUT2D eigenvalue weighted by atomic mass is 9.92. The summed E-state index contributed by atoms with van der Waals surface area (Å²) in [5.41, 5.74) is 4.48. The molecule has 10 heteroatoms. The first-order valence-corrected chi connectivity index (χ1v) is 16.6. The zero-order valence-corrected chi connectivity index (χ0v) is 28.3. The standard InChI is InChI=1S/C37H38Cl2N4O4/c1-37(2,3)47-36(45)41-20-17-31(32(23-41)35(44)42(28-15-16-28)22-27-8-5-10-33(38)34(27)39)26-7-4-9-30(21-26)46-24-25-11-13-29(14-12-25)43-19-6-18-40-43/h4-14,18-19,21,28H,15-17,20,22-24H2,1-3H3. The van der Waals surface area contributed by atoms with E-state index in [4.69, 9.17) is 32.7 Å². The summed E-state index contributed by atoms with van der Waals surface area (Å²) in [7, 11) is 0. The molecule has 0 bridgehead atoms. The van der Waals surface area contributed by atoms with Crippen LogP contribution < -0.4 is 4.74 Å². The third-order valence-corrected chi connectivity index (χ3v) is 9.03. The maximum atomic E-state index is 14.5. The number of hydrogen-bond donors (Lipinski definition) is 0. The number of amides is 2. The SMILES string of the molecule is CC(C)(C)OC(=O)N1CCC(c2cccc(OCc3ccc(-n4cccn4)cc3)c2)=C(C(=O)N(Cc2cccc(Cl)c2Cl)C2CC2)C1. The van der Waals surface area contributed by atoms with Gasteiger partial charge in [0.25, 0.3) is 5.91 Å². The van der Waals surface area contributed by atoms with Crippen LogP contribution in [0.25, 0.3) is 11.3 Å². The summed E-state index contributed by atoms with van der Waals surface area (Å²) in [4.78, 5) is 31.2. The average Bonchev–Trinajstić information content (AvgIpc) is 3.75. The fraction of sp³-hybridized carbons (Fsp3) is 0.324. The molecule has 3 aromatic carbocycles. The fourth-order valence-electron chi connectivity index (χ4n) is 5.65. The molecule has 1 aliphatic heterocycles. The van der Waals surface area contributed by atoms with Gasteiger partial charge in [0.1, 0.15) is 18.0 Å². The predicted molar refractivity (Wildman–Crippen MR) is 184 cm³/mol. The van der Waals surface area contributed by atoms with Crippen molar-refractivity contribution in [3.8, 4) is 11.4 Å². The minimum atomic E-state index is -0.653. The number of ether oxygens (including phenoxy) is 2. The number of aromatic nitrogens is 2. The van der Waals surface area contributed by atoms with E-state index in [-0.39, 0.29) is 18.5 Å². The second-order valence-corrected chi connectivity index (χ2v) is 13.7. The Bertz CT molecular complexity index is 1780. The molecular formula is C37H38Cl2N4O4. The van der Waals surface area contributed by atoms with Gasteiger partial charge in [0, 0.05) is 37.1 Å². The third kappa shape index (κ3) is 8.00. The smallest absolute Gasteiger partial charge is 0.410 e. The van der Waals surface area contributed by atoms with Gasteiger partial charge < -0.3 is 19.3 Å². The molecule has 0 radical (unpaired) electrons. The molecule has 2 amide bonds. The van der Waals surface area contributed by atoms with E-state index < -0.39 is 11.7 Å². The normalized spacial score (nSPS) is 15.0. The molecule has 8 nitrogen and oxygen atoms in total. The Hall–Kier alpha value is -4.27. The Labute approximate surface area is 285 Å². The molecule has 1 saturated carbocycles. The summed E-state index contributed by atoms with van der Waals surface area (Å²) in [6, 6.07) is 23.3. The van der Waals surface area contributed by atoms with E-state index in [0.717, 1.165) is 40.8 Å². The van der Waals surface area contributed by atoms with Gasteiger partial charge in [-0.3, -0.25) is 4.79 Å². The van der Waals surface area contributed by atoms with Gasteiger partial charge in [0.05, 0.1) is 22.3 Å². The lowest BCUT2D eigenvalue weighted by Gasteiger charge is -2.34. The number of carbonyl (C=O) groups is 2. The Kier molecular flexibility index (Phi) is 9.62. The highest BCUT2D eigenvalue weighted by Crippen LogP contribution is 2.37. The van der Waals surface area contributed by atoms with Gasteiger partial charge in [-0.05, 0) is 98.7 Å². The highest BCUT2D eigenvalue weighted by Gasteiger charge is 2.38. The van der Waals surface area contributed by atoms with Crippen LogP contribution in [0.5, 0.6) is 5.75 Å². The van der Waals surface area contributed by atoms with E-state index in [1.165, 1.54) is 0 Å². The third-order valence-electron chi connectivity index (χ3n) is 8.17. The summed E-state index contributed by atoms with van der Waals surface area (Å²) in [6.45, 7) is 6.80. The zero-order chi connectivity index (χ0) is 33.1. The Morgan fingerprint density at radius 3 is 2.47 bits per heavy atom. The highest BCUT2D eigenvalue weighted by molar-refractivity contribution is 6.42. The van der Waals surface area contributed by atoms with Crippen molar-refractivity contribution < 1.29 is 19.1 Å². The van der Waals surface area contributed by atoms with E-state index in [9.17, 15) is 9.59 Å². The molecular weight excluding hydrogens is 635 g/mol. The maximum Gasteiger partial charge on any atom is 0.410 e. The summed E-state index contributed by atoms with van der Waals surface area (Å²) in [6.07, 6.45) is 5.53. The van der Waals surface area contributed by atoms with Crippen molar-refractivity contribution in [2.45, 2.75) is 64.8 Å². The van der Waals surface area contributed by atoms with Crippen molar-refractivity contribution in [2.75, 3.05) is 13.1 Å². The minimum Gasteiger partial charge on any atom is -0.489 e. The van der Waals surface area contributed by atoms with Gasteiger partial charge in [-0.25, -0.2) is 9.48 Å². The van der Waals surface area contributed by atoms with Crippen LogP contribution in [0.15, 0.2) is 90.8 Å². The molecule has 0 saturated heterocycles. The van der Waals surface area contributed by atoms with Crippen LogP contribution in [0, 0.1) is 0 Å². The molecule has 2 aliphatic rings. The van der Waals surface area contributed by atoms with Crippen LogP contribution in [0.3, 0.4) is 0 Å². The number of rotatable bonds is 9. The molecule has 1 fully saturated rings. The fourth-order valence-corrected chi connectivity index (χ4v) is 6.03. The molecule has 1 aromatic heterocycles. The van der Waals surface area contributed by atoms with E-state index >= 15 is 0 Å². The van der Waals surface area contributed by atoms with E-state index in [0.29, 0.717) is 47.5 Å². The van der Waals surface area contributed by atoms with Crippen LogP contribution in [0.1, 0.15) is 56.7 Å². The Balaban J connectivity index is 1.27. The molecule has 47 heavy (non-hydrogen) atoms. The van der Waals surface area contributed by atoms with Crippen molar-refractivity contribution in [2.24, 2.45) is 0 Å². The van der Waals surface area contributed by atoms with Crippen molar-refractivity contribution >= 4 is 40.8 Å². The van der Waals surface area contributed by atoms with Crippen molar-refractivity contribution in [3.05, 3.63) is 117 Å². The van der Waals surface area contributed by atoms with Gasteiger partial charge in [-0.1, -0.05) is 59.6 Å². The van der Waals surface area contributed by atoms with Gasteiger partial charge >= 0.3 is 6.09 Å². The average molecular weight is 674 g/mol. The first kappa shape index (κ1) is 32.7. The van der Waals surface area contributed by atoms with Crippen LogP contribution in [-0.4, -0.2) is 56.3 Å². The molecule has 4 aromatic rings. The first-order chi connectivity index (χ1) is 22.6. The quantitative estimate of drug-likeness (QED) is 0.179. The van der Waals surface area contributed by atoms with Gasteiger partial charge in [0.2, 0.25) is 0 Å². The lowest BCUT2D eigenvalue weighted by molar-refractivity contribution is -0.128. The Morgan fingerprint density at radius 2 is 1.77 bits per heavy atom. The molecule has 2 heterocycles. The maximum absolute atomic E-state index is 14.5. The molecule has 1 aliphatic carbocycles.